The van der Waals surface area contributed by atoms with Gasteiger partial charge in [-0.05, 0) is 33.9 Å². The molecule has 0 rings (SSSR count). The first-order valence-corrected chi connectivity index (χ1v) is 6.81. The highest BCUT2D eigenvalue weighted by Gasteiger charge is 2.14. The number of ether oxygens (including phenoxy) is 2. The van der Waals surface area contributed by atoms with E-state index in [-0.39, 0.29) is 12.2 Å². The van der Waals surface area contributed by atoms with Crippen molar-refractivity contribution in [2.24, 2.45) is 0 Å². The molecule has 0 aromatic heterocycles. The lowest BCUT2D eigenvalue weighted by Gasteiger charge is -2.25. The Kier molecular flexibility index (Phi) is 12.5. The van der Waals surface area contributed by atoms with Crippen molar-refractivity contribution in [3.05, 3.63) is 24.8 Å². The van der Waals surface area contributed by atoms with Crippen LogP contribution in [-0.2, 0) is 19.1 Å². The molecule has 122 valence electrons. The van der Waals surface area contributed by atoms with Gasteiger partial charge in [-0.1, -0.05) is 27.0 Å². The number of carbonyl (C=O) groups excluding carboxylic acids is 2. The third-order valence-corrected chi connectivity index (χ3v) is 2.41. The fourth-order valence-corrected chi connectivity index (χ4v) is 1.28. The molecule has 0 aromatic rings. The van der Waals surface area contributed by atoms with Gasteiger partial charge < -0.3 is 14.6 Å². The Balaban J connectivity index is 0. The first kappa shape index (κ1) is 21.6. The van der Waals surface area contributed by atoms with Crippen molar-refractivity contribution < 1.29 is 24.2 Å². The van der Waals surface area contributed by atoms with Crippen molar-refractivity contribution >= 4 is 11.9 Å². The Morgan fingerprint density at radius 1 is 1.24 bits per heavy atom. The second kappa shape index (κ2) is 12.1. The lowest BCUT2D eigenvalue weighted by Crippen LogP contribution is -2.36. The van der Waals surface area contributed by atoms with Gasteiger partial charge in [0.1, 0.15) is 0 Å². The van der Waals surface area contributed by atoms with E-state index in [9.17, 15) is 9.59 Å². The van der Waals surface area contributed by atoms with Gasteiger partial charge in [0.15, 0.2) is 12.5 Å². The molecular weight excluding hydrogens is 274 g/mol. The third-order valence-electron chi connectivity index (χ3n) is 2.41. The van der Waals surface area contributed by atoms with Gasteiger partial charge in [0.05, 0.1) is 0 Å². The molecule has 2 atom stereocenters. The first-order chi connectivity index (χ1) is 9.69. The van der Waals surface area contributed by atoms with E-state index in [1.165, 1.54) is 6.92 Å². The molecule has 0 bridgehead atoms. The van der Waals surface area contributed by atoms with Crippen LogP contribution in [0, 0.1) is 0 Å². The molecule has 0 amide bonds. The third kappa shape index (κ3) is 11.8. The second-order valence-corrected chi connectivity index (χ2v) is 4.25. The quantitative estimate of drug-likeness (QED) is 0.439. The first-order valence-electron chi connectivity index (χ1n) is 6.81. The van der Waals surface area contributed by atoms with Crippen LogP contribution in [0.5, 0.6) is 0 Å². The number of aliphatic hydroxyl groups is 1. The number of hydrogen-bond acceptors (Lipinski definition) is 6. The summed E-state index contributed by atoms with van der Waals surface area (Å²) < 4.78 is 9.34. The molecular formula is C15H27NO5. The summed E-state index contributed by atoms with van der Waals surface area (Å²) in [5, 5.41) is 8.36. The molecule has 0 saturated carbocycles. The summed E-state index contributed by atoms with van der Waals surface area (Å²) >= 11 is 0. The molecule has 0 radical (unpaired) electrons. The minimum Gasteiger partial charge on any atom is -0.443 e. The molecule has 0 aromatic carbocycles. The van der Waals surface area contributed by atoms with Gasteiger partial charge in [0, 0.05) is 11.6 Å². The van der Waals surface area contributed by atoms with Gasteiger partial charge in [-0.3, -0.25) is 4.90 Å². The van der Waals surface area contributed by atoms with Gasteiger partial charge in [0.25, 0.3) is 0 Å². The highest BCUT2D eigenvalue weighted by atomic mass is 16.6. The van der Waals surface area contributed by atoms with Crippen molar-refractivity contribution in [2.45, 2.75) is 47.1 Å². The van der Waals surface area contributed by atoms with Gasteiger partial charge in [-0.25, -0.2) is 9.59 Å². The van der Waals surface area contributed by atoms with E-state index in [2.05, 4.69) is 22.8 Å². The van der Waals surface area contributed by atoms with E-state index in [0.29, 0.717) is 5.57 Å². The Morgan fingerprint density at radius 3 is 1.95 bits per heavy atom. The van der Waals surface area contributed by atoms with E-state index in [4.69, 9.17) is 9.84 Å². The SMILES string of the molecule is C=C(C)C(=O)OC(C)N(CC)CC.C=CC(=O)OC(C)O. The van der Waals surface area contributed by atoms with E-state index in [1.807, 2.05) is 20.8 Å². The van der Waals surface area contributed by atoms with Crippen molar-refractivity contribution in [3.63, 3.8) is 0 Å². The second-order valence-electron chi connectivity index (χ2n) is 4.25. The summed E-state index contributed by atoms with van der Waals surface area (Å²) in [6.45, 7) is 17.3. The van der Waals surface area contributed by atoms with Gasteiger partial charge in [0.2, 0.25) is 0 Å². The summed E-state index contributed by atoms with van der Waals surface area (Å²) in [5.74, 6) is -0.931. The van der Waals surface area contributed by atoms with Gasteiger partial charge in [-0.2, -0.15) is 0 Å². The summed E-state index contributed by atoms with van der Waals surface area (Å²) in [6.07, 6.45) is -0.216. The molecule has 0 saturated heterocycles. The van der Waals surface area contributed by atoms with Crippen LogP contribution in [0.15, 0.2) is 24.8 Å². The number of aliphatic hydroxyl groups excluding tert-OH is 1. The normalized spacial score (nSPS) is 12.5. The summed E-state index contributed by atoms with van der Waals surface area (Å²) in [6, 6.07) is 0. The number of nitrogens with zero attached hydrogens (tertiary/aromatic N) is 1. The fraction of sp³-hybridized carbons (Fsp3) is 0.600. The summed E-state index contributed by atoms with van der Waals surface area (Å²) in [7, 11) is 0. The fourth-order valence-electron chi connectivity index (χ4n) is 1.28. The van der Waals surface area contributed by atoms with E-state index in [0.717, 1.165) is 19.2 Å². The minimum absolute atomic E-state index is 0.167. The van der Waals surface area contributed by atoms with Crippen LogP contribution in [0.2, 0.25) is 0 Å². The molecule has 2 unspecified atom stereocenters. The van der Waals surface area contributed by atoms with Gasteiger partial charge in [-0.15, -0.1) is 0 Å². The highest BCUT2D eigenvalue weighted by molar-refractivity contribution is 5.87. The zero-order chi connectivity index (χ0) is 17.0. The molecule has 6 nitrogen and oxygen atoms in total. The number of esters is 2. The molecule has 0 aliphatic heterocycles. The molecule has 0 aliphatic carbocycles. The van der Waals surface area contributed by atoms with Crippen molar-refractivity contribution in [2.75, 3.05) is 13.1 Å². The molecule has 0 aliphatic rings. The molecule has 1 N–H and O–H groups in total. The van der Waals surface area contributed by atoms with E-state index in [1.54, 1.807) is 6.92 Å². The smallest absolute Gasteiger partial charge is 0.334 e. The topological polar surface area (TPSA) is 76.1 Å². The molecule has 21 heavy (non-hydrogen) atoms. The molecule has 0 spiro atoms. The zero-order valence-corrected chi connectivity index (χ0v) is 13.6. The minimum atomic E-state index is -1.04. The lowest BCUT2D eigenvalue weighted by molar-refractivity contribution is -0.158. The monoisotopic (exact) mass is 301 g/mol. The Morgan fingerprint density at radius 2 is 1.71 bits per heavy atom. The van der Waals surface area contributed by atoms with Crippen molar-refractivity contribution in [3.8, 4) is 0 Å². The Hall–Kier alpha value is -1.66. The number of hydrogen-bond donors (Lipinski definition) is 1. The largest absolute Gasteiger partial charge is 0.443 e. The van der Waals surface area contributed by atoms with E-state index < -0.39 is 12.3 Å². The predicted octanol–water partition coefficient (Wildman–Crippen LogP) is 1.85. The van der Waals surface area contributed by atoms with Crippen molar-refractivity contribution in [1.29, 1.82) is 0 Å². The van der Waals surface area contributed by atoms with Crippen LogP contribution in [0.4, 0.5) is 0 Å². The van der Waals surface area contributed by atoms with Crippen LogP contribution in [0.3, 0.4) is 0 Å². The van der Waals surface area contributed by atoms with Crippen LogP contribution < -0.4 is 0 Å². The Bertz CT molecular complexity index is 348. The van der Waals surface area contributed by atoms with Crippen LogP contribution in [0.25, 0.3) is 0 Å². The standard InChI is InChI=1S/C10H19NO2.C5H8O3/c1-6-11(7-2)9(5)13-10(12)8(3)4;1-3-5(7)8-4(2)6/h9H,3,6-7H2,1-2,4-5H3;3-4,6H,1H2,2H3. The molecule has 0 heterocycles. The van der Waals surface area contributed by atoms with Crippen LogP contribution >= 0.6 is 0 Å². The van der Waals surface area contributed by atoms with Crippen LogP contribution in [0.1, 0.15) is 34.6 Å². The van der Waals surface area contributed by atoms with E-state index >= 15 is 0 Å². The average Bonchev–Trinajstić information content (AvgIpc) is 2.39. The lowest BCUT2D eigenvalue weighted by atomic mass is 10.3. The van der Waals surface area contributed by atoms with Crippen LogP contribution in [-0.4, -0.2) is 47.6 Å². The predicted molar refractivity (Wildman–Crippen MR) is 81.3 cm³/mol. The average molecular weight is 301 g/mol. The van der Waals surface area contributed by atoms with Gasteiger partial charge >= 0.3 is 11.9 Å². The maximum atomic E-state index is 11.1. The highest BCUT2D eigenvalue weighted by Crippen LogP contribution is 2.03. The number of carbonyl (C=O) groups is 2. The number of rotatable bonds is 7. The summed E-state index contributed by atoms with van der Waals surface area (Å²) in [5.41, 5.74) is 0.444. The maximum absolute atomic E-state index is 11.1. The maximum Gasteiger partial charge on any atom is 0.334 e. The summed E-state index contributed by atoms with van der Waals surface area (Å²) in [4.78, 5) is 23.3. The molecule has 6 heteroatoms. The molecule has 0 fully saturated rings. The zero-order valence-electron chi connectivity index (χ0n) is 13.6. The van der Waals surface area contributed by atoms with Crippen molar-refractivity contribution in [1.82, 2.24) is 4.90 Å². The Labute approximate surface area is 127 Å².